The molecule has 1 heterocycles. The van der Waals surface area contributed by atoms with Crippen LogP contribution in [0.3, 0.4) is 0 Å². The summed E-state index contributed by atoms with van der Waals surface area (Å²) >= 11 is 0. The topological polar surface area (TPSA) is 49.9 Å². The number of ether oxygens (including phenoxy) is 1. The highest BCUT2D eigenvalue weighted by atomic mass is 16.5. The Morgan fingerprint density at radius 2 is 1.48 bits per heavy atom. The van der Waals surface area contributed by atoms with Crippen LogP contribution in [0.2, 0.25) is 0 Å². The monoisotopic (exact) mass is 440 g/mol. The second-order valence-corrected chi connectivity index (χ2v) is 8.11. The predicted molar refractivity (Wildman–Crippen MR) is 129 cm³/mol. The number of methoxy groups -OCH3 is 1. The summed E-state index contributed by atoms with van der Waals surface area (Å²) in [6.45, 7) is 5.35. The molecule has 0 aromatic heterocycles. The number of imide groups is 1. The number of amides is 2. The van der Waals surface area contributed by atoms with Crippen LogP contribution in [-0.4, -0.2) is 35.3 Å². The average Bonchev–Trinajstić information content (AvgIpc) is 3.09. The zero-order valence-corrected chi connectivity index (χ0v) is 19.2. The Bertz CT molecular complexity index is 1180. The summed E-state index contributed by atoms with van der Waals surface area (Å²) in [5.41, 5.74) is 4.56. The fourth-order valence-corrected chi connectivity index (χ4v) is 4.12. The van der Waals surface area contributed by atoms with Crippen molar-refractivity contribution in [2.24, 2.45) is 0 Å². The number of rotatable bonds is 8. The summed E-state index contributed by atoms with van der Waals surface area (Å²) in [7, 11) is 1.58. The van der Waals surface area contributed by atoms with Crippen LogP contribution < -0.4 is 4.74 Å². The molecule has 0 atom stereocenters. The van der Waals surface area contributed by atoms with Crippen molar-refractivity contribution in [3.05, 3.63) is 107 Å². The number of carbonyl (C=O) groups excluding carboxylic acids is 2. The molecule has 3 aromatic carbocycles. The maximum Gasteiger partial charge on any atom is 0.278 e. The molecule has 5 heteroatoms. The van der Waals surface area contributed by atoms with E-state index in [-0.39, 0.29) is 18.4 Å². The van der Waals surface area contributed by atoms with Crippen molar-refractivity contribution in [1.29, 1.82) is 0 Å². The molecule has 5 nitrogen and oxygen atoms in total. The smallest absolute Gasteiger partial charge is 0.278 e. The third-order valence-electron chi connectivity index (χ3n) is 5.90. The molecule has 33 heavy (non-hydrogen) atoms. The summed E-state index contributed by atoms with van der Waals surface area (Å²) in [5, 5.41) is 0. The van der Waals surface area contributed by atoms with Gasteiger partial charge in [-0.3, -0.25) is 14.5 Å². The maximum absolute atomic E-state index is 13.7. The molecular formula is C28H28N2O3. The first-order chi connectivity index (χ1) is 16.0. The fraction of sp³-hybridized carbons (Fsp3) is 0.214. The van der Waals surface area contributed by atoms with Gasteiger partial charge in [-0.05, 0) is 31.0 Å². The van der Waals surface area contributed by atoms with E-state index < -0.39 is 0 Å². The Labute approximate surface area is 194 Å². The van der Waals surface area contributed by atoms with Gasteiger partial charge in [0.05, 0.1) is 19.2 Å². The van der Waals surface area contributed by atoms with Crippen LogP contribution in [0.5, 0.6) is 5.75 Å². The molecule has 0 radical (unpaired) electrons. The van der Waals surface area contributed by atoms with Gasteiger partial charge in [-0.25, -0.2) is 0 Å². The molecule has 1 aliphatic rings. The van der Waals surface area contributed by atoms with E-state index in [0.29, 0.717) is 35.7 Å². The van der Waals surface area contributed by atoms with E-state index in [1.807, 2.05) is 97.6 Å². The van der Waals surface area contributed by atoms with Crippen molar-refractivity contribution in [2.45, 2.75) is 26.9 Å². The summed E-state index contributed by atoms with van der Waals surface area (Å²) in [6.07, 6.45) is 0. The largest absolute Gasteiger partial charge is 0.496 e. The highest BCUT2D eigenvalue weighted by Gasteiger charge is 2.42. The standard InChI is InChI=1S/C28H28N2O3/c1-4-29(18-21-10-6-5-7-11-21)26-25(23-12-8-9-13-24(23)33-3)27(31)30(28(26)32)19-22-16-14-20(2)15-17-22/h5-17H,4,18-19H2,1-3H3. The van der Waals surface area contributed by atoms with Crippen molar-refractivity contribution in [3.63, 3.8) is 0 Å². The van der Waals surface area contributed by atoms with Crippen LogP contribution in [0.1, 0.15) is 29.2 Å². The van der Waals surface area contributed by atoms with Gasteiger partial charge in [0.1, 0.15) is 11.4 Å². The lowest BCUT2D eigenvalue weighted by Gasteiger charge is -2.25. The Balaban J connectivity index is 1.79. The van der Waals surface area contributed by atoms with Crippen molar-refractivity contribution < 1.29 is 14.3 Å². The molecule has 3 aromatic rings. The quantitative estimate of drug-likeness (QED) is 0.472. The van der Waals surface area contributed by atoms with Gasteiger partial charge in [-0.15, -0.1) is 0 Å². The average molecular weight is 441 g/mol. The summed E-state index contributed by atoms with van der Waals surface area (Å²) in [4.78, 5) is 30.8. The van der Waals surface area contributed by atoms with E-state index in [2.05, 4.69) is 0 Å². The maximum atomic E-state index is 13.7. The number of nitrogens with zero attached hydrogens (tertiary/aromatic N) is 2. The van der Waals surface area contributed by atoms with Gasteiger partial charge in [0.15, 0.2) is 0 Å². The molecule has 0 saturated heterocycles. The van der Waals surface area contributed by atoms with Crippen LogP contribution in [0.4, 0.5) is 0 Å². The van der Waals surface area contributed by atoms with Gasteiger partial charge < -0.3 is 9.64 Å². The number of hydrogen-bond acceptors (Lipinski definition) is 4. The molecule has 0 bridgehead atoms. The van der Waals surface area contributed by atoms with Crippen LogP contribution >= 0.6 is 0 Å². The minimum absolute atomic E-state index is 0.225. The van der Waals surface area contributed by atoms with Gasteiger partial charge in [0, 0.05) is 18.7 Å². The molecule has 0 saturated carbocycles. The molecule has 168 valence electrons. The van der Waals surface area contributed by atoms with Crippen molar-refractivity contribution in [1.82, 2.24) is 9.80 Å². The normalized spacial score (nSPS) is 13.6. The van der Waals surface area contributed by atoms with E-state index in [1.54, 1.807) is 7.11 Å². The Hall–Kier alpha value is -3.86. The molecule has 4 rings (SSSR count). The fourth-order valence-electron chi connectivity index (χ4n) is 4.12. The lowest BCUT2D eigenvalue weighted by atomic mass is 10.0. The highest BCUT2D eigenvalue weighted by molar-refractivity contribution is 6.35. The Morgan fingerprint density at radius 1 is 0.818 bits per heavy atom. The lowest BCUT2D eigenvalue weighted by Crippen LogP contribution is -2.34. The lowest BCUT2D eigenvalue weighted by molar-refractivity contribution is -0.138. The zero-order chi connectivity index (χ0) is 23.4. The van der Waals surface area contributed by atoms with Gasteiger partial charge in [-0.2, -0.15) is 0 Å². The van der Waals surface area contributed by atoms with Gasteiger partial charge >= 0.3 is 0 Å². The number of aryl methyl sites for hydroxylation is 1. The van der Waals surface area contributed by atoms with E-state index in [4.69, 9.17) is 4.74 Å². The van der Waals surface area contributed by atoms with E-state index in [9.17, 15) is 9.59 Å². The Morgan fingerprint density at radius 3 is 2.15 bits per heavy atom. The third-order valence-corrected chi connectivity index (χ3v) is 5.90. The van der Waals surface area contributed by atoms with Gasteiger partial charge in [0.2, 0.25) is 0 Å². The highest BCUT2D eigenvalue weighted by Crippen LogP contribution is 2.37. The molecule has 0 spiro atoms. The number of hydrogen-bond donors (Lipinski definition) is 0. The summed E-state index contributed by atoms with van der Waals surface area (Å²) < 4.78 is 5.55. The SMILES string of the molecule is CCN(Cc1ccccc1)C1=C(c2ccccc2OC)C(=O)N(Cc2ccc(C)cc2)C1=O. The third kappa shape index (κ3) is 4.53. The first-order valence-corrected chi connectivity index (χ1v) is 11.1. The zero-order valence-electron chi connectivity index (χ0n) is 19.2. The molecule has 2 amide bonds. The van der Waals surface area contributed by atoms with Crippen LogP contribution in [0, 0.1) is 6.92 Å². The number of benzene rings is 3. The van der Waals surface area contributed by atoms with E-state index >= 15 is 0 Å². The van der Waals surface area contributed by atoms with Crippen molar-refractivity contribution in [3.8, 4) is 5.75 Å². The summed E-state index contributed by atoms with van der Waals surface area (Å²) in [6, 6.07) is 25.2. The number of carbonyl (C=O) groups is 2. The predicted octanol–water partition coefficient (Wildman–Crippen LogP) is 4.81. The van der Waals surface area contributed by atoms with E-state index in [1.165, 1.54) is 4.90 Å². The Kier molecular flexibility index (Phi) is 6.59. The minimum atomic E-state index is -0.299. The molecular weight excluding hydrogens is 412 g/mol. The van der Waals surface area contributed by atoms with Crippen molar-refractivity contribution >= 4 is 17.4 Å². The van der Waals surface area contributed by atoms with E-state index in [0.717, 1.165) is 16.7 Å². The number of para-hydroxylation sites is 1. The first kappa shape index (κ1) is 22.3. The number of likely N-dealkylation sites (N-methyl/N-ethyl adjacent to an activating group) is 1. The molecule has 0 fully saturated rings. The van der Waals surface area contributed by atoms with Crippen LogP contribution in [0.15, 0.2) is 84.6 Å². The second-order valence-electron chi connectivity index (χ2n) is 8.11. The second kappa shape index (κ2) is 9.74. The molecule has 1 aliphatic heterocycles. The molecule has 0 N–H and O–H groups in total. The van der Waals surface area contributed by atoms with Crippen LogP contribution in [0.25, 0.3) is 5.57 Å². The summed E-state index contributed by atoms with van der Waals surface area (Å²) in [5.74, 6) is -0.00931. The van der Waals surface area contributed by atoms with Gasteiger partial charge in [0.25, 0.3) is 11.8 Å². The van der Waals surface area contributed by atoms with Gasteiger partial charge in [-0.1, -0.05) is 78.4 Å². The first-order valence-electron chi connectivity index (χ1n) is 11.1. The van der Waals surface area contributed by atoms with Crippen LogP contribution in [-0.2, 0) is 22.7 Å². The van der Waals surface area contributed by atoms with Crippen molar-refractivity contribution in [2.75, 3.05) is 13.7 Å². The molecule has 0 unspecified atom stereocenters. The molecule has 0 aliphatic carbocycles. The minimum Gasteiger partial charge on any atom is -0.496 e.